The summed E-state index contributed by atoms with van der Waals surface area (Å²) in [5.74, 6) is -1.59. The Morgan fingerprint density at radius 1 is 0.871 bits per heavy atom. The lowest BCUT2D eigenvalue weighted by molar-refractivity contribution is -0.112. The number of nitrogens with two attached hydrogens (primary N) is 1. The van der Waals surface area contributed by atoms with Crippen molar-refractivity contribution >= 4 is 38.8 Å². The number of fused-ring (bicyclic) bond motifs is 1. The first-order valence-electron chi connectivity index (χ1n) is 9.40. The average Bonchev–Trinajstić information content (AvgIpc) is 2.76. The minimum atomic E-state index is -4.18. The largest absolute Gasteiger partial charge is 0.366 e. The molecule has 0 spiro atoms. The Morgan fingerprint density at radius 2 is 1.48 bits per heavy atom. The lowest BCUT2D eigenvalue weighted by atomic mass is 9.95. The number of benzene rings is 3. The highest BCUT2D eigenvalue weighted by atomic mass is 32.2. The lowest BCUT2D eigenvalue weighted by Crippen LogP contribution is -2.37. The number of hydrogen-bond donors (Lipinski definition) is 2. The zero-order chi connectivity index (χ0) is 22.2. The zero-order valence-corrected chi connectivity index (χ0v) is 17.4. The molecule has 0 radical (unpaired) electrons. The van der Waals surface area contributed by atoms with Crippen molar-refractivity contribution in [3.8, 4) is 0 Å². The molecule has 0 unspecified atom stereocenters. The van der Waals surface area contributed by atoms with Gasteiger partial charge >= 0.3 is 0 Å². The van der Waals surface area contributed by atoms with Crippen LogP contribution in [0.5, 0.6) is 0 Å². The number of carbonyl (C=O) groups is 2. The Bertz CT molecular complexity index is 1330. The number of hydrogen-bond acceptors (Lipinski definition) is 4. The van der Waals surface area contributed by atoms with Gasteiger partial charge in [0.25, 0.3) is 21.8 Å². The highest BCUT2D eigenvalue weighted by Gasteiger charge is 2.39. The van der Waals surface area contributed by atoms with Gasteiger partial charge in [-0.2, -0.15) is 0 Å². The van der Waals surface area contributed by atoms with Gasteiger partial charge in [0.05, 0.1) is 16.9 Å². The first-order valence-corrected chi connectivity index (χ1v) is 10.8. The second kappa shape index (κ2) is 7.73. The van der Waals surface area contributed by atoms with E-state index >= 15 is 0 Å². The lowest BCUT2D eigenvalue weighted by Gasteiger charge is -2.31. The molecule has 3 aromatic rings. The SMILES string of the molecule is CN1c2ccccc2C(c2ccccc2)=C(C(=O)Nc2ccccc2C(N)=O)S1(=O)=O. The summed E-state index contributed by atoms with van der Waals surface area (Å²) >= 11 is 0. The normalized spacial score (nSPS) is 14.7. The van der Waals surface area contributed by atoms with Crippen molar-refractivity contribution in [3.05, 3.63) is 100 Å². The van der Waals surface area contributed by atoms with Gasteiger partial charge in [0.15, 0.2) is 4.91 Å². The monoisotopic (exact) mass is 433 g/mol. The van der Waals surface area contributed by atoms with E-state index < -0.39 is 26.7 Å². The maximum absolute atomic E-state index is 13.4. The van der Waals surface area contributed by atoms with Gasteiger partial charge in [0, 0.05) is 18.2 Å². The van der Waals surface area contributed by atoms with Gasteiger partial charge < -0.3 is 11.1 Å². The molecule has 0 saturated carbocycles. The summed E-state index contributed by atoms with van der Waals surface area (Å²) in [5.41, 5.74) is 7.57. The van der Waals surface area contributed by atoms with Gasteiger partial charge in [-0.15, -0.1) is 0 Å². The van der Waals surface area contributed by atoms with E-state index in [0.717, 1.165) is 4.31 Å². The number of carbonyl (C=O) groups excluding carboxylic acids is 2. The van der Waals surface area contributed by atoms with Crippen molar-refractivity contribution in [1.82, 2.24) is 0 Å². The number of anilines is 2. The average molecular weight is 433 g/mol. The molecule has 7 nitrogen and oxygen atoms in total. The molecule has 8 heteroatoms. The molecule has 156 valence electrons. The van der Waals surface area contributed by atoms with Gasteiger partial charge in [-0.05, 0) is 23.8 Å². The van der Waals surface area contributed by atoms with Crippen LogP contribution >= 0.6 is 0 Å². The fourth-order valence-electron chi connectivity index (χ4n) is 3.59. The Hall–Kier alpha value is -3.91. The van der Waals surface area contributed by atoms with Gasteiger partial charge in [-0.1, -0.05) is 60.7 Å². The molecule has 0 saturated heterocycles. The van der Waals surface area contributed by atoms with Crippen LogP contribution in [0.25, 0.3) is 5.57 Å². The Kier molecular flexibility index (Phi) is 5.08. The van der Waals surface area contributed by atoms with Gasteiger partial charge in [0.2, 0.25) is 0 Å². The highest BCUT2D eigenvalue weighted by Crippen LogP contribution is 2.42. The molecule has 31 heavy (non-hydrogen) atoms. The molecule has 0 aliphatic carbocycles. The van der Waals surface area contributed by atoms with Crippen molar-refractivity contribution in [2.75, 3.05) is 16.7 Å². The molecule has 3 N–H and O–H groups in total. The van der Waals surface area contributed by atoms with Crippen LogP contribution in [0.3, 0.4) is 0 Å². The molecule has 1 heterocycles. The summed E-state index contributed by atoms with van der Waals surface area (Å²) in [6.45, 7) is 0. The minimum absolute atomic E-state index is 0.0830. The molecule has 0 atom stereocenters. The van der Waals surface area contributed by atoms with Crippen LogP contribution in [-0.4, -0.2) is 27.3 Å². The molecular formula is C23H19N3O4S. The van der Waals surface area contributed by atoms with Crippen LogP contribution in [0, 0.1) is 0 Å². The van der Waals surface area contributed by atoms with E-state index in [1.165, 1.54) is 19.2 Å². The summed E-state index contributed by atoms with van der Waals surface area (Å²) in [7, 11) is -2.78. The van der Waals surface area contributed by atoms with Crippen LogP contribution < -0.4 is 15.4 Å². The van der Waals surface area contributed by atoms with Gasteiger partial charge in [-0.25, -0.2) is 8.42 Å². The summed E-state index contributed by atoms with van der Waals surface area (Å²) in [5, 5.41) is 2.56. The van der Waals surface area contributed by atoms with Gasteiger partial charge in [-0.3, -0.25) is 13.9 Å². The van der Waals surface area contributed by atoms with E-state index in [2.05, 4.69) is 5.32 Å². The first kappa shape index (κ1) is 20.4. The maximum atomic E-state index is 13.4. The van der Waals surface area contributed by atoms with Gasteiger partial charge in [0.1, 0.15) is 0 Å². The molecule has 0 fully saturated rings. The fraction of sp³-hybridized carbons (Fsp3) is 0.0435. The molecule has 0 aromatic heterocycles. The second-order valence-electron chi connectivity index (χ2n) is 6.92. The minimum Gasteiger partial charge on any atom is -0.366 e. The topological polar surface area (TPSA) is 110 Å². The number of para-hydroxylation sites is 2. The highest BCUT2D eigenvalue weighted by molar-refractivity contribution is 7.97. The van der Waals surface area contributed by atoms with Crippen LogP contribution in [0.4, 0.5) is 11.4 Å². The third-order valence-corrected chi connectivity index (χ3v) is 6.89. The Balaban J connectivity index is 1.97. The van der Waals surface area contributed by atoms with E-state index in [1.54, 1.807) is 60.7 Å². The molecule has 2 amide bonds. The van der Waals surface area contributed by atoms with Crippen molar-refractivity contribution in [2.24, 2.45) is 5.73 Å². The molecule has 3 aromatic carbocycles. The van der Waals surface area contributed by atoms with Crippen molar-refractivity contribution in [2.45, 2.75) is 0 Å². The summed E-state index contributed by atoms with van der Waals surface area (Å²) < 4.78 is 27.9. The van der Waals surface area contributed by atoms with Crippen molar-refractivity contribution in [1.29, 1.82) is 0 Å². The van der Waals surface area contributed by atoms with Crippen LogP contribution in [0.1, 0.15) is 21.5 Å². The van der Waals surface area contributed by atoms with Crippen molar-refractivity contribution in [3.63, 3.8) is 0 Å². The van der Waals surface area contributed by atoms with E-state index in [0.29, 0.717) is 22.4 Å². The van der Waals surface area contributed by atoms with E-state index in [9.17, 15) is 18.0 Å². The third kappa shape index (κ3) is 3.47. The first-order chi connectivity index (χ1) is 14.8. The number of nitrogens with one attached hydrogen (secondary N) is 1. The standard InChI is InChI=1S/C23H19N3O4S/c1-26-19-14-8-6-12-17(19)20(15-9-3-2-4-10-15)21(31(26,29)30)23(28)25-18-13-7-5-11-16(18)22(24)27/h2-14H,1H3,(H2,24,27)(H,25,28). The second-order valence-corrected chi connectivity index (χ2v) is 8.83. The van der Waals surface area contributed by atoms with E-state index in [-0.39, 0.29) is 11.3 Å². The number of primary amides is 1. The maximum Gasteiger partial charge on any atom is 0.270 e. The zero-order valence-electron chi connectivity index (χ0n) is 16.6. The van der Waals surface area contributed by atoms with E-state index in [4.69, 9.17) is 5.73 Å². The molecule has 0 bridgehead atoms. The molecular weight excluding hydrogens is 414 g/mol. The van der Waals surface area contributed by atoms with Crippen molar-refractivity contribution < 1.29 is 18.0 Å². The number of nitrogens with zero attached hydrogens (tertiary/aromatic N) is 1. The predicted molar refractivity (Wildman–Crippen MR) is 120 cm³/mol. The smallest absolute Gasteiger partial charge is 0.270 e. The summed E-state index contributed by atoms with van der Waals surface area (Å²) in [6, 6.07) is 22.0. The number of rotatable bonds is 4. The number of amides is 2. The molecule has 4 rings (SSSR count). The Labute approximate surface area is 179 Å². The molecule has 1 aliphatic rings. The van der Waals surface area contributed by atoms with E-state index in [1.807, 2.05) is 6.07 Å². The van der Waals surface area contributed by atoms with Crippen LogP contribution in [-0.2, 0) is 14.8 Å². The summed E-state index contributed by atoms with van der Waals surface area (Å²) in [6.07, 6.45) is 0. The predicted octanol–water partition coefficient (Wildman–Crippen LogP) is 2.96. The Morgan fingerprint density at radius 3 is 2.19 bits per heavy atom. The van der Waals surface area contributed by atoms with Crippen LogP contribution in [0.2, 0.25) is 0 Å². The van der Waals surface area contributed by atoms with Crippen LogP contribution in [0.15, 0.2) is 83.8 Å². The summed E-state index contributed by atoms with van der Waals surface area (Å²) in [4.78, 5) is 24.7. The quantitative estimate of drug-likeness (QED) is 0.659. The fourth-order valence-corrected chi connectivity index (χ4v) is 5.05. The number of sulfonamides is 1. The molecule has 1 aliphatic heterocycles. The third-order valence-electron chi connectivity index (χ3n) is 5.07.